The molecule has 0 bridgehead atoms. The summed E-state index contributed by atoms with van der Waals surface area (Å²) in [6, 6.07) is 0. The first-order chi connectivity index (χ1) is 9.51. The summed E-state index contributed by atoms with van der Waals surface area (Å²) in [5.74, 6) is -1.50. The summed E-state index contributed by atoms with van der Waals surface area (Å²) in [5.41, 5.74) is 0. The largest absolute Gasteiger partial charge is 0.481 e. The molecular formula is C13H26N2O5. The summed E-state index contributed by atoms with van der Waals surface area (Å²) in [4.78, 5) is 24.5. The molecule has 20 heavy (non-hydrogen) atoms. The summed E-state index contributed by atoms with van der Waals surface area (Å²) in [5, 5.41) is 11.7. The molecule has 2 N–H and O–H groups in total. The Morgan fingerprint density at radius 1 is 1.25 bits per heavy atom. The van der Waals surface area contributed by atoms with Gasteiger partial charge < -0.3 is 19.9 Å². The minimum Gasteiger partial charge on any atom is -0.481 e. The number of ether oxygens (including phenoxy) is 2. The molecule has 1 unspecified atom stereocenters. The number of carboxylic acids is 1. The van der Waals surface area contributed by atoms with Crippen LogP contribution in [0, 0.1) is 5.92 Å². The summed E-state index contributed by atoms with van der Waals surface area (Å²) in [6.07, 6.45) is 0.758. The Balaban J connectivity index is 4.21. The van der Waals surface area contributed by atoms with Gasteiger partial charge in [0.05, 0.1) is 19.1 Å². The van der Waals surface area contributed by atoms with Crippen LogP contribution in [0.1, 0.15) is 13.3 Å². The number of carboxylic acid groups (broad SMARTS) is 1. The van der Waals surface area contributed by atoms with Crippen molar-refractivity contribution < 1.29 is 24.2 Å². The second-order valence-electron chi connectivity index (χ2n) is 4.66. The zero-order valence-corrected chi connectivity index (χ0v) is 12.6. The van der Waals surface area contributed by atoms with Gasteiger partial charge >= 0.3 is 5.97 Å². The molecule has 1 amide bonds. The molecule has 0 saturated heterocycles. The molecule has 0 aliphatic heterocycles. The van der Waals surface area contributed by atoms with Gasteiger partial charge in [0.25, 0.3) is 0 Å². The lowest BCUT2D eigenvalue weighted by Crippen LogP contribution is -2.41. The molecule has 1 atom stereocenters. The van der Waals surface area contributed by atoms with Gasteiger partial charge in [0.15, 0.2) is 0 Å². The van der Waals surface area contributed by atoms with E-state index in [-0.39, 0.29) is 12.5 Å². The molecular weight excluding hydrogens is 264 g/mol. The van der Waals surface area contributed by atoms with Crippen LogP contribution in [0.2, 0.25) is 0 Å². The first-order valence-corrected chi connectivity index (χ1v) is 6.71. The Labute approximate surface area is 120 Å². The fraction of sp³-hybridized carbons (Fsp3) is 0.846. The second kappa shape index (κ2) is 11.6. The van der Waals surface area contributed by atoms with Crippen molar-refractivity contribution in [3.05, 3.63) is 0 Å². The topological polar surface area (TPSA) is 88.1 Å². The molecule has 0 spiro atoms. The van der Waals surface area contributed by atoms with Crippen molar-refractivity contribution in [3.8, 4) is 0 Å². The number of amides is 1. The lowest BCUT2D eigenvalue weighted by Gasteiger charge is -2.23. The van der Waals surface area contributed by atoms with Gasteiger partial charge in [-0.25, -0.2) is 0 Å². The Kier molecular flexibility index (Phi) is 10.9. The SMILES string of the molecule is COCCCN(CC(=O)NCCOC)CC(C)C(=O)O. The molecule has 0 saturated carbocycles. The van der Waals surface area contributed by atoms with E-state index >= 15 is 0 Å². The summed E-state index contributed by atoms with van der Waals surface area (Å²) in [7, 11) is 3.18. The van der Waals surface area contributed by atoms with Crippen LogP contribution in [0.3, 0.4) is 0 Å². The van der Waals surface area contributed by atoms with E-state index in [1.54, 1.807) is 21.1 Å². The van der Waals surface area contributed by atoms with Crippen molar-refractivity contribution in [3.63, 3.8) is 0 Å². The van der Waals surface area contributed by atoms with Crippen molar-refractivity contribution in [1.29, 1.82) is 0 Å². The number of aliphatic carboxylic acids is 1. The molecule has 0 aliphatic carbocycles. The van der Waals surface area contributed by atoms with Gasteiger partial charge in [0.1, 0.15) is 0 Å². The maximum absolute atomic E-state index is 11.7. The van der Waals surface area contributed by atoms with E-state index in [2.05, 4.69) is 5.32 Å². The van der Waals surface area contributed by atoms with E-state index in [1.807, 2.05) is 4.90 Å². The number of carbonyl (C=O) groups excluding carboxylic acids is 1. The third-order valence-electron chi connectivity index (χ3n) is 2.77. The van der Waals surface area contributed by atoms with Gasteiger partial charge in [-0.15, -0.1) is 0 Å². The van der Waals surface area contributed by atoms with E-state index in [0.717, 1.165) is 6.42 Å². The normalized spacial score (nSPS) is 12.4. The van der Waals surface area contributed by atoms with Crippen molar-refractivity contribution in [2.75, 3.05) is 53.6 Å². The molecule has 118 valence electrons. The van der Waals surface area contributed by atoms with Gasteiger partial charge in [-0.2, -0.15) is 0 Å². The molecule has 0 fully saturated rings. The lowest BCUT2D eigenvalue weighted by atomic mass is 10.1. The highest BCUT2D eigenvalue weighted by molar-refractivity contribution is 5.78. The zero-order chi connectivity index (χ0) is 15.4. The van der Waals surface area contributed by atoms with Gasteiger partial charge in [-0.1, -0.05) is 6.92 Å². The second-order valence-corrected chi connectivity index (χ2v) is 4.66. The summed E-state index contributed by atoms with van der Waals surface area (Å²) >= 11 is 0. The Bertz CT molecular complexity index is 286. The van der Waals surface area contributed by atoms with Crippen LogP contribution in [0.5, 0.6) is 0 Å². The summed E-state index contributed by atoms with van der Waals surface area (Å²) in [6.45, 7) is 4.29. The number of rotatable bonds is 12. The van der Waals surface area contributed by atoms with Crippen LogP contribution in [-0.4, -0.2) is 75.5 Å². The van der Waals surface area contributed by atoms with Crippen LogP contribution in [0.15, 0.2) is 0 Å². The third kappa shape index (κ3) is 9.71. The molecule has 0 heterocycles. The minimum atomic E-state index is -0.860. The highest BCUT2D eigenvalue weighted by Gasteiger charge is 2.18. The van der Waals surface area contributed by atoms with Gasteiger partial charge in [0.2, 0.25) is 5.91 Å². The highest BCUT2D eigenvalue weighted by Crippen LogP contribution is 2.01. The number of carbonyl (C=O) groups is 2. The van der Waals surface area contributed by atoms with Crippen molar-refractivity contribution in [2.45, 2.75) is 13.3 Å². The molecule has 0 rings (SSSR count). The van der Waals surface area contributed by atoms with Crippen molar-refractivity contribution in [2.24, 2.45) is 5.92 Å². The first kappa shape index (κ1) is 18.8. The highest BCUT2D eigenvalue weighted by atomic mass is 16.5. The monoisotopic (exact) mass is 290 g/mol. The van der Waals surface area contributed by atoms with Crippen molar-refractivity contribution >= 4 is 11.9 Å². The maximum Gasteiger partial charge on any atom is 0.307 e. The molecule has 0 aromatic heterocycles. The molecule has 0 aromatic carbocycles. The average Bonchev–Trinajstić information content (AvgIpc) is 2.39. The van der Waals surface area contributed by atoms with E-state index in [4.69, 9.17) is 14.6 Å². The Morgan fingerprint density at radius 3 is 2.45 bits per heavy atom. The van der Waals surface area contributed by atoms with Gasteiger partial charge in [-0.3, -0.25) is 14.5 Å². The Hall–Kier alpha value is -1.18. The number of nitrogens with zero attached hydrogens (tertiary/aromatic N) is 1. The van der Waals surface area contributed by atoms with E-state index in [1.165, 1.54) is 0 Å². The van der Waals surface area contributed by atoms with Gasteiger partial charge in [0, 0.05) is 40.5 Å². The zero-order valence-electron chi connectivity index (χ0n) is 12.6. The predicted octanol–water partition coefficient (Wildman–Crippen LogP) is -0.192. The van der Waals surface area contributed by atoms with Gasteiger partial charge in [-0.05, 0) is 6.42 Å². The standard InChI is InChI=1S/C13H26N2O5/c1-11(13(17)18)9-15(6-4-7-19-2)10-12(16)14-5-8-20-3/h11H,4-10H2,1-3H3,(H,14,16)(H,17,18). The fourth-order valence-corrected chi connectivity index (χ4v) is 1.68. The smallest absolute Gasteiger partial charge is 0.307 e. The van der Waals surface area contributed by atoms with E-state index < -0.39 is 11.9 Å². The number of methoxy groups -OCH3 is 2. The quantitative estimate of drug-likeness (QED) is 0.484. The van der Waals surface area contributed by atoms with Crippen LogP contribution >= 0.6 is 0 Å². The third-order valence-corrected chi connectivity index (χ3v) is 2.77. The predicted molar refractivity (Wildman–Crippen MR) is 74.6 cm³/mol. The first-order valence-electron chi connectivity index (χ1n) is 6.71. The number of hydrogen-bond acceptors (Lipinski definition) is 5. The molecule has 0 aromatic rings. The van der Waals surface area contributed by atoms with E-state index in [0.29, 0.717) is 32.8 Å². The van der Waals surface area contributed by atoms with Crippen LogP contribution in [0.25, 0.3) is 0 Å². The molecule has 7 nitrogen and oxygen atoms in total. The molecule has 0 radical (unpaired) electrons. The lowest BCUT2D eigenvalue weighted by molar-refractivity contribution is -0.142. The summed E-state index contributed by atoms with van der Waals surface area (Å²) < 4.78 is 9.82. The van der Waals surface area contributed by atoms with E-state index in [9.17, 15) is 9.59 Å². The van der Waals surface area contributed by atoms with Crippen LogP contribution in [-0.2, 0) is 19.1 Å². The van der Waals surface area contributed by atoms with Crippen LogP contribution < -0.4 is 5.32 Å². The van der Waals surface area contributed by atoms with Crippen molar-refractivity contribution in [1.82, 2.24) is 10.2 Å². The molecule has 0 aliphatic rings. The minimum absolute atomic E-state index is 0.128. The average molecular weight is 290 g/mol. The fourth-order valence-electron chi connectivity index (χ4n) is 1.68. The Morgan fingerprint density at radius 2 is 1.90 bits per heavy atom. The molecule has 7 heteroatoms. The van der Waals surface area contributed by atoms with Crippen LogP contribution in [0.4, 0.5) is 0 Å². The number of nitrogens with one attached hydrogen (secondary N) is 1. The number of hydrogen-bond donors (Lipinski definition) is 2. The maximum atomic E-state index is 11.7.